The third kappa shape index (κ3) is 1.63. The summed E-state index contributed by atoms with van der Waals surface area (Å²) in [7, 11) is 0. The fourth-order valence-corrected chi connectivity index (χ4v) is 1.47. The number of hydrogen-bond donors (Lipinski definition) is 1. The Balaban J connectivity index is 2.18. The highest BCUT2D eigenvalue weighted by atomic mass is 16.2. The Labute approximate surface area is 83.5 Å². The molecule has 1 aromatic rings. The molecule has 1 aromatic carbocycles. The molecule has 0 bridgehead atoms. The van der Waals surface area contributed by atoms with Crippen LogP contribution in [0.2, 0.25) is 0 Å². The Hall–Kier alpha value is -1.35. The van der Waals surface area contributed by atoms with Gasteiger partial charge >= 0.3 is 0 Å². The van der Waals surface area contributed by atoms with Gasteiger partial charge in [-0.1, -0.05) is 6.07 Å². The predicted molar refractivity (Wildman–Crippen MR) is 53.7 cm³/mol. The van der Waals surface area contributed by atoms with E-state index >= 15 is 0 Å². The Kier molecular flexibility index (Phi) is 2.50. The minimum Gasteiger partial charge on any atom is -0.339 e. The highest BCUT2D eigenvalue weighted by Crippen LogP contribution is 2.13. The first kappa shape index (κ1) is 9.21. The first-order valence-electron chi connectivity index (χ1n) is 4.81. The zero-order valence-electron chi connectivity index (χ0n) is 7.99. The lowest BCUT2D eigenvalue weighted by molar-refractivity contribution is 0.0651. The summed E-state index contributed by atoms with van der Waals surface area (Å²) >= 11 is 0. The van der Waals surface area contributed by atoms with Crippen molar-refractivity contribution >= 4 is 5.91 Å². The van der Waals surface area contributed by atoms with Crippen molar-refractivity contribution in [2.75, 3.05) is 13.1 Å². The fourth-order valence-electron chi connectivity index (χ4n) is 1.47. The zero-order chi connectivity index (χ0) is 9.97. The summed E-state index contributed by atoms with van der Waals surface area (Å²) in [5.74, 6) is 0.111. The molecule has 1 saturated heterocycles. The first-order chi connectivity index (χ1) is 6.81. The highest BCUT2D eigenvalue weighted by molar-refractivity contribution is 5.94. The van der Waals surface area contributed by atoms with Crippen LogP contribution >= 0.6 is 0 Å². The van der Waals surface area contributed by atoms with Crippen molar-refractivity contribution in [2.24, 2.45) is 5.73 Å². The van der Waals surface area contributed by atoms with Crippen LogP contribution in [-0.4, -0.2) is 23.9 Å². The van der Waals surface area contributed by atoms with Crippen molar-refractivity contribution in [1.29, 1.82) is 0 Å². The second-order valence-electron chi connectivity index (χ2n) is 3.45. The predicted octanol–water partition coefficient (Wildman–Crippen LogP) is 0.791. The average Bonchev–Trinajstić information content (AvgIpc) is 2.15. The molecule has 1 fully saturated rings. The molecule has 0 aliphatic carbocycles. The van der Waals surface area contributed by atoms with Crippen LogP contribution in [0.15, 0.2) is 18.2 Å². The lowest BCUT2D eigenvalue weighted by Gasteiger charge is -2.30. The molecule has 0 aromatic heterocycles. The number of nitrogens with zero attached hydrogens (tertiary/aromatic N) is 1. The molecule has 3 nitrogen and oxygen atoms in total. The normalized spacial score (nSPS) is 15.1. The molecule has 1 aliphatic rings. The lowest BCUT2D eigenvalue weighted by atomic mass is 10.1. The van der Waals surface area contributed by atoms with E-state index in [9.17, 15) is 4.79 Å². The summed E-state index contributed by atoms with van der Waals surface area (Å²) in [6, 6.07) is 8.36. The Morgan fingerprint density at radius 3 is 2.93 bits per heavy atom. The molecule has 0 saturated carbocycles. The van der Waals surface area contributed by atoms with Crippen LogP contribution in [0.1, 0.15) is 22.3 Å². The molecule has 73 valence electrons. The van der Waals surface area contributed by atoms with E-state index in [-0.39, 0.29) is 5.91 Å². The summed E-state index contributed by atoms with van der Waals surface area (Å²) in [6.45, 7) is 2.20. The molecular formula is C11H13N2O. The first-order valence-corrected chi connectivity index (χ1v) is 4.81. The minimum atomic E-state index is 0.111. The molecule has 0 atom stereocenters. The molecule has 2 rings (SSSR count). The van der Waals surface area contributed by atoms with Gasteiger partial charge in [-0.2, -0.15) is 0 Å². The Morgan fingerprint density at radius 2 is 2.36 bits per heavy atom. The van der Waals surface area contributed by atoms with Crippen molar-refractivity contribution in [3.8, 4) is 0 Å². The Bertz CT molecular complexity index is 345. The number of carbonyl (C=O) groups excluding carboxylic acids is 1. The van der Waals surface area contributed by atoms with Gasteiger partial charge in [0.2, 0.25) is 0 Å². The molecule has 3 heteroatoms. The molecule has 1 amide bonds. The minimum absolute atomic E-state index is 0.111. The number of nitrogens with two attached hydrogens (primary N) is 1. The quantitative estimate of drug-likeness (QED) is 0.747. The van der Waals surface area contributed by atoms with Gasteiger partial charge < -0.3 is 10.6 Å². The second kappa shape index (κ2) is 3.80. The molecule has 2 N–H and O–H groups in total. The van der Waals surface area contributed by atoms with E-state index < -0.39 is 0 Å². The van der Waals surface area contributed by atoms with Gasteiger partial charge in [0, 0.05) is 25.2 Å². The van der Waals surface area contributed by atoms with Crippen molar-refractivity contribution in [2.45, 2.75) is 13.0 Å². The van der Waals surface area contributed by atoms with Crippen LogP contribution in [0.5, 0.6) is 0 Å². The second-order valence-corrected chi connectivity index (χ2v) is 3.45. The van der Waals surface area contributed by atoms with Crippen LogP contribution in [0.3, 0.4) is 0 Å². The van der Waals surface area contributed by atoms with Gasteiger partial charge in [-0.25, -0.2) is 0 Å². The van der Waals surface area contributed by atoms with Crippen LogP contribution in [0.4, 0.5) is 0 Å². The van der Waals surface area contributed by atoms with Gasteiger partial charge in [0.15, 0.2) is 0 Å². The maximum absolute atomic E-state index is 11.8. The summed E-state index contributed by atoms with van der Waals surface area (Å²) in [6.07, 6.45) is 1.12. The van der Waals surface area contributed by atoms with E-state index in [0.717, 1.165) is 30.6 Å². The highest BCUT2D eigenvalue weighted by Gasteiger charge is 2.21. The third-order valence-corrected chi connectivity index (χ3v) is 2.47. The standard InChI is InChI=1S/C11H13N2O/c12-8-9-3-1-4-10(7-9)11(14)13-5-2-6-13/h1,4,7H,2,5-6,8,12H2. The van der Waals surface area contributed by atoms with Crippen LogP contribution in [0, 0.1) is 6.07 Å². The molecule has 14 heavy (non-hydrogen) atoms. The number of benzene rings is 1. The monoisotopic (exact) mass is 189 g/mol. The third-order valence-electron chi connectivity index (χ3n) is 2.47. The number of rotatable bonds is 2. The fraction of sp³-hybridized carbons (Fsp3) is 0.364. The summed E-state index contributed by atoms with van der Waals surface area (Å²) < 4.78 is 0. The molecule has 0 spiro atoms. The summed E-state index contributed by atoms with van der Waals surface area (Å²) in [5.41, 5.74) is 7.10. The number of likely N-dealkylation sites (tertiary alicyclic amines) is 1. The smallest absolute Gasteiger partial charge is 0.253 e. The van der Waals surface area contributed by atoms with Crippen LogP contribution in [0.25, 0.3) is 0 Å². The largest absolute Gasteiger partial charge is 0.339 e. The zero-order valence-corrected chi connectivity index (χ0v) is 7.99. The van der Waals surface area contributed by atoms with E-state index in [2.05, 4.69) is 6.07 Å². The van der Waals surface area contributed by atoms with Crippen molar-refractivity contribution in [3.05, 3.63) is 35.4 Å². The summed E-state index contributed by atoms with van der Waals surface area (Å²) in [5, 5.41) is 0. The molecule has 1 aliphatic heterocycles. The van der Waals surface area contributed by atoms with Gasteiger partial charge in [-0.3, -0.25) is 4.79 Å². The van der Waals surface area contributed by atoms with E-state index in [4.69, 9.17) is 5.73 Å². The van der Waals surface area contributed by atoms with Gasteiger partial charge in [0.05, 0.1) is 0 Å². The number of hydrogen-bond acceptors (Lipinski definition) is 2. The van der Waals surface area contributed by atoms with Crippen molar-refractivity contribution < 1.29 is 4.79 Å². The van der Waals surface area contributed by atoms with E-state index in [1.807, 2.05) is 11.0 Å². The molecule has 1 radical (unpaired) electrons. The maximum atomic E-state index is 11.8. The van der Waals surface area contributed by atoms with E-state index in [0.29, 0.717) is 6.54 Å². The van der Waals surface area contributed by atoms with Crippen LogP contribution < -0.4 is 5.73 Å². The SMILES string of the molecule is NCc1[c]ccc(C(=O)N2CCC2)c1. The average molecular weight is 189 g/mol. The van der Waals surface area contributed by atoms with Crippen LogP contribution in [-0.2, 0) is 6.54 Å². The molecule has 1 heterocycles. The van der Waals surface area contributed by atoms with Crippen molar-refractivity contribution in [3.63, 3.8) is 0 Å². The van der Waals surface area contributed by atoms with Gasteiger partial charge in [-0.05, 0) is 30.2 Å². The maximum Gasteiger partial charge on any atom is 0.253 e. The summed E-state index contributed by atoms with van der Waals surface area (Å²) in [4.78, 5) is 13.6. The van der Waals surface area contributed by atoms with Crippen molar-refractivity contribution in [1.82, 2.24) is 4.90 Å². The van der Waals surface area contributed by atoms with E-state index in [1.165, 1.54) is 0 Å². The topological polar surface area (TPSA) is 46.3 Å². The molecular weight excluding hydrogens is 176 g/mol. The Morgan fingerprint density at radius 1 is 1.57 bits per heavy atom. The van der Waals surface area contributed by atoms with E-state index in [1.54, 1.807) is 12.1 Å². The number of carbonyl (C=O) groups is 1. The number of amides is 1. The van der Waals surface area contributed by atoms with Gasteiger partial charge in [-0.15, -0.1) is 0 Å². The molecule has 0 unspecified atom stereocenters. The van der Waals surface area contributed by atoms with Gasteiger partial charge in [0.1, 0.15) is 0 Å². The lowest BCUT2D eigenvalue weighted by Crippen LogP contribution is -2.42. The van der Waals surface area contributed by atoms with Gasteiger partial charge in [0.25, 0.3) is 5.91 Å².